The van der Waals surface area contributed by atoms with Crippen molar-refractivity contribution in [2.45, 2.75) is 26.4 Å². The van der Waals surface area contributed by atoms with Gasteiger partial charge in [0.2, 0.25) is 0 Å². The molecule has 0 fully saturated rings. The zero-order valence-corrected chi connectivity index (χ0v) is 12.7. The molecule has 2 aromatic heterocycles. The Kier molecular flexibility index (Phi) is 4.92. The second kappa shape index (κ2) is 6.67. The highest BCUT2D eigenvalue weighted by Crippen LogP contribution is 2.20. The van der Waals surface area contributed by atoms with E-state index in [-0.39, 0.29) is 5.97 Å². The highest BCUT2D eigenvalue weighted by atomic mass is 32.1. The monoisotopic (exact) mass is 293 g/mol. The summed E-state index contributed by atoms with van der Waals surface area (Å²) >= 11 is 1.66. The summed E-state index contributed by atoms with van der Waals surface area (Å²) in [6, 6.07) is 3.55. The largest absolute Gasteiger partial charge is 0.465 e. The summed E-state index contributed by atoms with van der Waals surface area (Å²) in [5, 5.41) is 9.48. The Morgan fingerprint density at radius 1 is 1.60 bits per heavy atom. The van der Waals surface area contributed by atoms with Crippen LogP contribution in [-0.2, 0) is 23.1 Å². The highest BCUT2D eigenvalue weighted by molar-refractivity contribution is 7.09. The summed E-state index contributed by atoms with van der Waals surface area (Å²) in [4.78, 5) is 13.3. The van der Waals surface area contributed by atoms with E-state index in [9.17, 15) is 4.79 Å². The number of hydrogen-bond donors (Lipinski definition) is 1. The highest BCUT2D eigenvalue weighted by Gasteiger charge is 2.25. The number of aryl methyl sites for hydroxylation is 1. The zero-order valence-electron chi connectivity index (χ0n) is 11.9. The van der Waals surface area contributed by atoms with E-state index in [0.29, 0.717) is 13.2 Å². The number of rotatable bonds is 6. The number of nitrogens with one attached hydrogen (secondary N) is 1. The van der Waals surface area contributed by atoms with E-state index in [1.54, 1.807) is 22.2 Å². The summed E-state index contributed by atoms with van der Waals surface area (Å²) < 4.78 is 6.92. The fourth-order valence-corrected chi connectivity index (χ4v) is 2.62. The smallest absolute Gasteiger partial charge is 0.327 e. The molecule has 0 aliphatic heterocycles. The minimum Gasteiger partial charge on any atom is -0.465 e. The van der Waals surface area contributed by atoms with Crippen LogP contribution in [0.4, 0.5) is 0 Å². The van der Waals surface area contributed by atoms with E-state index in [1.165, 1.54) is 4.88 Å². The molecule has 0 amide bonds. The van der Waals surface area contributed by atoms with Crippen molar-refractivity contribution < 1.29 is 9.53 Å². The van der Waals surface area contributed by atoms with E-state index in [1.807, 2.05) is 38.4 Å². The van der Waals surface area contributed by atoms with Crippen molar-refractivity contribution >= 4 is 17.3 Å². The predicted molar refractivity (Wildman–Crippen MR) is 78.5 cm³/mol. The van der Waals surface area contributed by atoms with E-state index < -0.39 is 6.04 Å². The maximum Gasteiger partial charge on any atom is 0.327 e. The van der Waals surface area contributed by atoms with E-state index in [0.717, 1.165) is 11.3 Å². The summed E-state index contributed by atoms with van der Waals surface area (Å²) in [6.45, 7) is 4.76. The number of nitrogens with zero attached hydrogens (tertiary/aromatic N) is 2. The second-order valence-corrected chi connectivity index (χ2v) is 5.49. The van der Waals surface area contributed by atoms with E-state index in [2.05, 4.69) is 10.4 Å². The molecule has 1 unspecified atom stereocenters. The molecule has 2 aromatic rings. The number of carbonyl (C=O) groups is 1. The first-order valence-corrected chi connectivity index (χ1v) is 7.42. The number of ether oxygens (including phenoxy) is 1. The lowest BCUT2D eigenvalue weighted by Gasteiger charge is -2.16. The van der Waals surface area contributed by atoms with E-state index >= 15 is 0 Å². The van der Waals surface area contributed by atoms with Crippen molar-refractivity contribution in [1.82, 2.24) is 15.1 Å². The Morgan fingerprint density at radius 2 is 2.40 bits per heavy atom. The van der Waals surface area contributed by atoms with Crippen LogP contribution in [0.25, 0.3) is 0 Å². The van der Waals surface area contributed by atoms with Crippen LogP contribution < -0.4 is 5.32 Å². The van der Waals surface area contributed by atoms with Gasteiger partial charge in [-0.2, -0.15) is 5.10 Å². The average molecular weight is 293 g/mol. The molecular formula is C14H19N3O2S. The number of aromatic nitrogens is 2. The molecule has 20 heavy (non-hydrogen) atoms. The van der Waals surface area contributed by atoms with E-state index in [4.69, 9.17) is 4.74 Å². The lowest BCUT2D eigenvalue weighted by molar-refractivity contribution is -0.145. The molecule has 0 aromatic carbocycles. The molecule has 1 N–H and O–H groups in total. The van der Waals surface area contributed by atoms with Gasteiger partial charge in [-0.1, -0.05) is 6.07 Å². The Hall–Kier alpha value is -1.66. The van der Waals surface area contributed by atoms with Crippen molar-refractivity contribution in [2.24, 2.45) is 7.05 Å². The van der Waals surface area contributed by atoms with Crippen molar-refractivity contribution in [1.29, 1.82) is 0 Å². The molecule has 0 spiro atoms. The lowest BCUT2D eigenvalue weighted by Crippen LogP contribution is -2.30. The van der Waals surface area contributed by atoms with Gasteiger partial charge < -0.3 is 4.74 Å². The van der Waals surface area contributed by atoms with Crippen LogP contribution in [0.3, 0.4) is 0 Å². The van der Waals surface area contributed by atoms with Gasteiger partial charge in [0.15, 0.2) is 0 Å². The van der Waals surface area contributed by atoms with Crippen LogP contribution in [0.15, 0.2) is 23.7 Å². The minimum atomic E-state index is -0.481. The quantitative estimate of drug-likeness (QED) is 0.829. The van der Waals surface area contributed by atoms with Gasteiger partial charge in [-0.25, -0.2) is 4.79 Å². The standard InChI is InChI=1S/C14H19N3O2S/c1-4-19-14(18)13(12-9-16-17(3)10(12)2)15-8-11-6-5-7-20-11/h5-7,9,13,15H,4,8H2,1-3H3. The summed E-state index contributed by atoms with van der Waals surface area (Å²) in [6.07, 6.45) is 1.72. The molecule has 0 radical (unpaired) electrons. The predicted octanol–water partition coefficient (Wildman–Crippen LogP) is 2.18. The van der Waals surface area contributed by atoms with Crippen LogP contribution in [-0.4, -0.2) is 22.4 Å². The number of thiophene rings is 1. The Bertz CT molecular complexity index is 563. The third-order valence-electron chi connectivity index (χ3n) is 3.17. The van der Waals surface area contributed by atoms with Gasteiger partial charge in [-0.05, 0) is 25.3 Å². The molecule has 0 bridgehead atoms. The summed E-state index contributed by atoms with van der Waals surface area (Å²) in [5.74, 6) is -0.264. The summed E-state index contributed by atoms with van der Waals surface area (Å²) in [7, 11) is 1.86. The SMILES string of the molecule is CCOC(=O)C(NCc1cccs1)c1cnn(C)c1C. The van der Waals surface area contributed by atoms with Crippen LogP contribution in [0.2, 0.25) is 0 Å². The van der Waals surface area contributed by atoms with Crippen LogP contribution >= 0.6 is 11.3 Å². The van der Waals surface area contributed by atoms with Crippen molar-refractivity contribution in [3.8, 4) is 0 Å². The molecular weight excluding hydrogens is 274 g/mol. The topological polar surface area (TPSA) is 56.1 Å². The molecule has 6 heteroatoms. The van der Waals surface area contributed by atoms with Crippen molar-refractivity contribution in [3.05, 3.63) is 39.8 Å². The molecule has 108 valence electrons. The third-order valence-corrected chi connectivity index (χ3v) is 4.04. The van der Waals surface area contributed by atoms with Crippen molar-refractivity contribution in [2.75, 3.05) is 6.61 Å². The fraction of sp³-hybridized carbons (Fsp3) is 0.429. The average Bonchev–Trinajstić information content (AvgIpc) is 3.04. The maximum atomic E-state index is 12.1. The molecule has 0 aliphatic rings. The van der Waals surface area contributed by atoms with Crippen LogP contribution in [0, 0.1) is 6.92 Å². The molecule has 1 atom stereocenters. The Labute approximate surface area is 122 Å². The van der Waals surface area contributed by atoms with Crippen molar-refractivity contribution in [3.63, 3.8) is 0 Å². The van der Waals surface area contributed by atoms with Crippen LogP contribution in [0.1, 0.15) is 29.1 Å². The molecule has 2 heterocycles. The number of esters is 1. The normalized spacial score (nSPS) is 12.3. The number of carbonyl (C=O) groups excluding carboxylic acids is 1. The third kappa shape index (κ3) is 3.26. The maximum absolute atomic E-state index is 12.1. The first kappa shape index (κ1) is 14.7. The van der Waals surface area contributed by atoms with Gasteiger partial charge in [-0.3, -0.25) is 10.00 Å². The van der Waals surface area contributed by atoms with Gasteiger partial charge in [0.05, 0.1) is 12.8 Å². The minimum absolute atomic E-state index is 0.264. The fourth-order valence-electron chi connectivity index (χ4n) is 1.96. The van der Waals surface area contributed by atoms with Gasteiger partial charge in [-0.15, -0.1) is 11.3 Å². The van der Waals surface area contributed by atoms with Gasteiger partial charge >= 0.3 is 5.97 Å². The molecule has 0 aliphatic carbocycles. The van der Waals surface area contributed by atoms with Gasteiger partial charge in [0.1, 0.15) is 6.04 Å². The lowest BCUT2D eigenvalue weighted by atomic mass is 10.1. The molecule has 0 saturated carbocycles. The van der Waals surface area contributed by atoms with Gasteiger partial charge in [0.25, 0.3) is 0 Å². The number of hydrogen-bond acceptors (Lipinski definition) is 5. The first-order valence-electron chi connectivity index (χ1n) is 6.54. The van der Waals surface area contributed by atoms with Crippen LogP contribution in [0.5, 0.6) is 0 Å². The summed E-state index contributed by atoms with van der Waals surface area (Å²) in [5.41, 5.74) is 1.82. The Balaban J connectivity index is 2.16. The molecule has 0 saturated heterocycles. The zero-order chi connectivity index (χ0) is 14.5. The van der Waals surface area contributed by atoms with Gasteiger partial charge in [0, 0.05) is 29.7 Å². The molecule has 5 nitrogen and oxygen atoms in total. The Morgan fingerprint density at radius 3 is 2.95 bits per heavy atom. The first-order chi connectivity index (χ1) is 9.63. The second-order valence-electron chi connectivity index (χ2n) is 4.45. The molecule has 2 rings (SSSR count).